The molecule has 8 nitrogen and oxygen atoms in total. The number of amides is 3. The SMILES string of the molecule is CCCn1cc(CNC(=O)C2CCC(CN3C(=O)C=CC3=O)CC2)nn1. The van der Waals surface area contributed by atoms with Gasteiger partial charge < -0.3 is 5.32 Å². The van der Waals surface area contributed by atoms with Crippen LogP contribution in [0.25, 0.3) is 0 Å². The number of carbonyl (C=O) groups excluding carboxylic acids is 3. The summed E-state index contributed by atoms with van der Waals surface area (Å²) in [6.07, 6.45) is 8.74. The van der Waals surface area contributed by atoms with Crippen LogP contribution in [0.5, 0.6) is 0 Å². The zero-order valence-electron chi connectivity index (χ0n) is 15.1. The molecule has 1 aliphatic carbocycles. The minimum absolute atomic E-state index is 0.0138. The first-order valence-electron chi connectivity index (χ1n) is 9.27. The molecular weight excluding hydrogens is 334 g/mol. The van der Waals surface area contributed by atoms with Gasteiger partial charge in [0, 0.05) is 31.2 Å². The molecule has 1 aromatic heterocycles. The molecule has 0 saturated heterocycles. The fraction of sp³-hybridized carbons (Fsp3) is 0.611. The standard InChI is InChI=1S/C18H25N5O3/c1-2-9-22-12-15(20-21-22)10-19-18(26)14-5-3-13(4-6-14)11-23-16(24)7-8-17(23)25/h7-8,12-14H,2-6,9-11H2,1H3,(H,19,26). The van der Waals surface area contributed by atoms with Crippen molar-refractivity contribution in [2.75, 3.05) is 6.54 Å². The van der Waals surface area contributed by atoms with Gasteiger partial charge in [0.05, 0.1) is 12.7 Å². The Morgan fingerprint density at radius 3 is 2.54 bits per heavy atom. The molecule has 8 heteroatoms. The monoisotopic (exact) mass is 359 g/mol. The van der Waals surface area contributed by atoms with Gasteiger partial charge in [-0.25, -0.2) is 0 Å². The van der Waals surface area contributed by atoms with Gasteiger partial charge in [-0.05, 0) is 38.0 Å². The summed E-state index contributed by atoms with van der Waals surface area (Å²) in [4.78, 5) is 36.9. The lowest BCUT2D eigenvalue weighted by Gasteiger charge is -2.29. The second-order valence-corrected chi connectivity index (χ2v) is 7.03. The molecule has 0 unspecified atom stereocenters. The smallest absolute Gasteiger partial charge is 0.253 e. The van der Waals surface area contributed by atoms with Crippen molar-refractivity contribution in [1.82, 2.24) is 25.2 Å². The summed E-state index contributed by atoms with van der Waals surface area (Å²) in [7, 11) is 0. The van der Waals surface area contributed by atoms with Crippen LogP contribution < -0.4 is 5.32 Å². The Morgan fingerprint density at radius 2 is 1.88 bits per heavy atom. The lowest BCUT2D eigenvalue weighted by Crippen LogP contribution is -2.38. The minimum atomic E-state index is -0.231. The van der Waals surface area contributed by atoms with Crippen LogP contribution in [0.4, 0.5) is 0 Å². The summed E-state index contributed by atoms with van der Waals surface area (Å²) in [6.45, 7) is 3.75. The third-order valence-corrected chi connectivity index (χ3v) is 5.04. The zero-order valence-corrected chi connectivity index (χ0v) is 15.1. The first kappa shape index (κ1) is 18.3. The fourth-order valence-electron chi connectivity index (χ4n) is 3.56. The van der Waals surface area contributed by atoms with Crippen LogP contribution in [0.2, 0.25) is 0 Å². The van der Waals surface area contributed by atoms with Crippen LogP contribution in [0, 0.1) is 11.8 Å². The van der Waals surface area contributed by atoms with Crippen molar-refractivity contribution in [3.05, 3.63) is 24.0 Å². The van der Waals surface area contributed by atoms with E-state index in [-0.39, 0.29) is 29.6 Å². The molecule has 3 amide bonds. The number of aromatic nitrogens is 3. The maximum absolute atomic E-state index is 12.4. The normalized spacial score (nSPS) is 22.9. The third-order valence-electron chi connectivity index (χ3n) is 5.04. The van der Waals surface area contributed by atoms with E-state index in [2.05, 4.69) is 22.6 Å². The van der Waals surface area contributed by atoms with E-state index in [9.17, 15) is 14.4 Å². The molecule has 2 heterocycles. The molecular formula is C18H25N5O3. The average Bonchev–Trinajstić information content (AvgIpc) is 3.22. The minimum Gasteiger partial charge on any atom is -0.350 e. The fourth-order valence-corrected chi connectivity index (χ4v) is 3.56. The summed E-state index contributed by atoms with van der Waals surface area (Å²) < 4.78 is 1.78. The van der Waals surface area contributed by atoms with Crippen LogP contribution in [0.1, 0.15) is 44.7 Å². The Bertz CT molecular complexity index is 685. The number of nitrogens with one attached hydrogen (secondary N) is 1. The summed E-state index contributed by atoms with van der Waals surface area (Å²) in [5.41, 5.74) is 0.763. The Morgan fingerprint density at radius 1 is 1.19 bits per heavy atom. The molecule has 1 fully saturated rings. The lowest BCUT2D eigenvalue weighted by molar-refractivity contribution is -0.138. The van der Waals surface area contributed by atoms with Crippen molar-refractivity contribution in [3.8, 4) is 0 Å². The van der Waals surface area contributed by atoms with Crippen molar-refractivity contribution in [1.29, 1.82) is 0 Å². The van der Waals surface area contributed by atoms with E-state index in [0.717, 1.165) is 44.3 Å². The highest BCUT2D eigenvalue weighted by molar-refractivity contribution is 6.12. The van der Waals surface area contributed by atoms with Crippen molar-refractivity contribution < 1.29 is 14.4 Å². The van der Waals surface area contributed by atoms with Crippen LogP contribution >= 0.6 is 0 Å². The van der Waals surface area contributed by atoms with E-state index in [1.165, 1.54) is 17.1 Å². The molecule has 1 saturated carbocycles. The van der Waals surface area contributed by atoms with Gasteiger partial charge in [-0.1, -0.05) is 12.1 Å². The second-order valence-electron chi connectivity index (χ2n) is 7.03. The van der Waals surface area contributed by atoms with Crippen LogP contribution in [0.3, 0.4) is 0 Å². The molecule has 0 atom stereocenters. The molecule has 1 aliphatic heterocycles. The highest BCUT2D eigenvalue weighted by atomic mass is 16.2. The molecule has 0 aromatic carbocycles. The van der Waals surface area contributed by atoms with Crippen LogP contribution in [-0.2, 0) is 27.5 Å². The maximum atomic E-state index is 12.4. The number of nitrogens with zero attached hydrogens (tertiary/aromatic N) is 4. The van der Waals surface area contributed by atoms with Gasteiger partial charge in [0.2, 0.25) is 5.91 Å². The molecule has 26 heavy (non-hydrogen) atoms. The first-order chi connectivity index (χ1) is 12.6. The Hall–Kier alpha value is -2.51. The van der Waals surface area contributed by atoms with Gasteiger partial charge in [0.15, 0.2) is 0 Å². The second kappa shape index (κ2) is 8.25. The van der Waals surface area contributed by atoms with Gasteiger partial charge in [-0.3, -0.25) is 24.0 Å². The summed E-state index contributed by atoms with van der Waals surface area (Å²) >= 11 is 0. The van der Waals surface area contributed by atoms with Crippen molar-refractivity contribution in [2.45, 2.75) is 52.1 Å². The van der Waals surface area contributed by atoms with E-state index < -0.39 is 0 Å². The van der Waals surface area contributed by atoms with Crippen molar-refractivity contribution in [2.24, 2.45) is 11.8 Å². The molecule has 140 valence electrons. The quantitative estimate of drug-likeness (QED) is 0.734. The number of hydrogen-bond acceptors (Lipinski definition) is 5. The number of carbonyl (C=O) groups is 3. The highest BCUT2D eigenvalue weighted by Crippen LogP contribution is 2.30. The van der Waals surface area contributed by atoms with E-state index in [0.29, 0.717) is 13.1 Å². The molecule has 3 rings (SSSR count). The Labute approximate surface area is 152 Å². The molecule has 0 radical (unpaired) electrons. The lowest BCUT2D eigenvalue weighted by atomic mass is 9.81. The number of hydrogen-bond donors (Lipinski definition) is 1. The predicted molar refractivity (Wildman–Crippen MR) is 93.5 cm³/mol. The Kier molecular flexibility index (Phi) is 5.80. The molecule has 2 aliphatic rings. The van der Waals surface area contributed by atoms with Gasteiger partial charge in [0.25, 0.3) is 11.8 Å². The van der Waals surface area contributed by atoms with Gasteiger partial charge in [-0.2, -0.15) is 0 Å². The molecule has 0 spiro atoms. The van der Waals surface area contributed by atoms with Gasteiger partial charge in [0.1, 0.15) is 5.69 Å². The maximum Gasteiger partial charge on any atom is 0.253 e. The molecule has 1 aromatic rings. The molecule has 0 bridgehead atoms. The van der Waals surface area contributed by atoms with Gasteiger partial charge >= 0.3 is 0 Å². The van der Waals surface area contributed by atoms with Gasteiger partial charge in [-0.15, -0.1) is 5.10 Å². The van der Waals surface area contributed by atoms with E-state index >= 15 is 0 Å². The van der Waals surface area contributed by atoms with E-state index in [4.69, 9.17) is 0 Å². The number of aryl methyl sites for hydroxylation is 1. The summed E-state index contributed by atoms with van der Waals surface area (Å²) in [5, 5.41) is 11.0. The third kappa shape index (κ3) is 4.36. The Balaban J connectivity index is 1.40. The number of rotatable bonds is 7. The average molecular weight is 359 g/mol. The van der Waals surface area contributed by atoms with Crippen LogP contribution in [-0.4, -0.2) is 44.2 Å². The summed E-state index contributed by atoms with van der Waals surface area (Å²) in [6, 6.07) is 0. The predicted octanol–water partition coefficient (Wildman–Crippen LogP) is 1.04. The number of imide groups is 1. The van der Waals surface area contributed by atoms with E-state index in [1.54, 1.807) is 4.68 Å². The molecule has 1 N–H and O–H groups in total. The van der Waals surface area contributed by atoms with Crippen molar-refractivity contribution >= 4 is 17.7 Å². The summed E-state index contributed by atoms with van der Waals surface area (Å²) in [5.74, 6) is -0.152. The van der Waals surface area contributed by atoms with E-state index in [1.807, 2.05) is 6.20 Å². The zero-order chi connectivity index (χ0) is 18.5. The highest BCUT2D eigenvalue weighted by Gasteiger charge is 2.31. The first-order valence-corrected chi connectivity index (χ1v) is 9.27. The van der Waals surface area contributed by atoms with Crippen molar-refractivity contribution in [3.63, 3.8) is 0 Å². The van der Waals surface area contributed by atoms with Crippen LogP contribution in [0.15, 0.2) is 18.3 Å². The topological polar surface area (TPSA) is 97.2 Å². The largest absolute Gasteiger partial charge is 0.350 e.